The van der Waals surface area contributed by atoms with Crippen molar-refractivity contribution in [2.75, 3.05) is 0 Å². The molecule has 15 heavy (non-hydrogen) atoms. The van der Waals surface area contributed by atoms with E-state index in [4.69, 9.17) is 0 Å². The lowest BCUT2D eigenvalue weighted by molar-refractivity contribution is 0.149. The number of benzene rings is 1. The van der Waals surface area contributed by atoms with Gasteiger partial charge in [-0.2, -0.15) is 0 Å². The molecule has 1 N–H and O–H groups in total. The summed E-state index contributed by atoms with van der Waals surface area (Å²) >= 11 is 7.10. The molecule has 0 fully saturated rings. The van der Waals surface area contributed by atoms with Gasteiger partial charge in [0, 0.05) is 8.95 Å². The average Bonchev–Trinajstić information content (AvgIpc) is 2.32. The molecule has 0 aliphatic heterocycles. The predicted molar refractivity (Wildman–Crippen MR) is 68.9 cm³/mol. The molecule has 2 atom stereocenters. The predicted octanol–water partition coefficient (Wildman–Crippen LogP) is 4.22. The molecular weight excluding hydrogens is 320 g/mol. The van der Waals surface area contributed by atoms with Crippen LogP contribution in [-0.4, -0.2) is 5.11 Å². The first kappa shape index (κ1) is 11.6. The van der Waals surface area contributed by atoms with Gasteiger partial charge >= 0.3 is 0 Å². The molecule has 0 amide bonds. The van der Waals surface area contributed by atoms with E-state index in [0.717, 1.165) is 33.8 Å². The van der Waals surface area contributed by atoms with Crippen molar-refractivity contribution in [2.45, 2.75) is 32.3 Å². The van der Waals surface area contributed by atoms with E-state index in [-0.39, 0.29) is 6.10 Å². The number of aliphatic hydroxyl groups excluding tert-OH is 1. The van der Waals surface area contributed by atoms with Crippen LogP contribution in [0.4, 0.5) is 0 Å². The van der Waals surface area contributed by atoms with Crippen molar-refractivity contribution in [3.8, 4) is 0 Å². The maximum Gasteiger partial charge on any atom is 0.0806 e. The minimum absolute atomic E-state index is 0.329. The van der Waals surface area contributed by atoms with Gasteiger partial charge in [-0.05, 0) is 48.4 Å². The van der Waals surface area contributed by atoms with Crippen molar-refractivity contribution in [3.63, 3.8) is 0 Å². The van der Waals surface area contributed by atoms with Crippen molar-refractivity contribution >= 4 is 31.9 Å². The Bertz CT molecular complexity index is 376. The summed E-state index contributed by atoms with van der Waals surface area (Å²) in [4.78, 5) is 0. The lowest BCUT2D eigenvalue weighted by Crippen LogP contribution is -2.02. The lowest BCUT2D eigenvalue weighted by atomic mass is 10.00. The van der Waals surface area contributed by atoms with E-state index in [1.807, 2.05) is 12.1 Å². The van der Waals surface area contributed by atoms with Crippen LogP contribution >= 0.6 is 31.9 Å². The van der Waals surface area contributed by atoms with Gasteiger partial charge in [-0.25, -0.2) is 0 Å². The highest BCUT2D eigenvalue weighted by Gasteiger charge is 2.24. The lowest BCUT2D eigenvalue weighted by Gasteiger charge is -2.15. The summed E-state index contributed by atoms with van der Waals surface area (Å²) in [6.07, 6.45) is 2.73. The van der Waals surface area contributed by atoms with Gasteiger partial charge in [-0.1, -0.05) is 38.8 Å². The fourth-order valence-corrected chi connectivity index (χ4v) is 3.41. The van der Waals surface area contributed by atoms with Gasteiger partial charge in [-0.3, -0.25) is 0 Å². The first-order valence-electron chi connectivity index (χ1n) is 5.24. The summed E-state index contributed by atoms with van der Waals surface area (Å²) in [6.45, 7) is 2.21. The SMILES string of the molecule is CC1CCc2c(Br)ccc(Br)c2C(O)C1. The van der Waals surface area contributed by atoms with E-state index in [9.17, 15) is 5.11 Å². The van der Waals surface area contributed by atoms with E-state index < -0.39 is 0 Å². The highest BCUT2D eigenvalue weighted by atomic mass is 79.9. The van der Waals surface area contributed by atoms with Crippen molar-refractivity contribution < 1.29 is 5.11 Å². The number of halogens is 2. The molecule has 0 aromatic heterocycles. The Kier molecular flexibility index (Phi) is 3.53. The minimum Gasteiger partial charge on any atom is -0.388 e. The van der Waals surface area contributed by atoms with E-state index in [2.05, 4.69) is 38.8 Å². The summed E-state index contributed by atoms with van der Waals surface area (Å²) in [6, 6.07) is 4.05. The Hall–Kier alpha value is 0.140. The zero-order chi connectivity index (χ0) is 11.0. The zero-order valence-corrected chi connectivity index (χ0v) is 11.8. The molecule has 1 aliphatic carbocycles. The second-order valence-electron chi connectivity index (χ2n) is 4.32. The van der Waals surface area contributed by atoms with Crippen molar-refractivity contribution in [1.82, 2.24) is 0 Å². The van der Waals surface area contributed by atoms with E-state index >= 15 is 0 Å². The fourth-order valence-electron chi connectivity index (χ4n) is 2.23. The minimum atomic E-state index is -0.329. The summed E-state index contributed by atoms with van der Waals surface area (Å²) in [7, 11) is 0. The van der Waals surface area contributed by atoms with E-state index in [1.165, 1.54) is 5.56 Å². The van der Waals surface area contributed by atoms with Gasteiger partial charge in [0.2, 0.25) is 0 Å². The van der Waals surface area contributed by atoms with E-state index in [0.29, 0.717) is 5.92 Å². The molecule has 0 heterocycles. The highest BCUT2D eigenvalue weighted by molar-refractivity contribution is 9.11. The van der Waals surface area contributed by atoms with Crippen molar-refractivity contribution in [1.29, 1.82) is 0 Å². The Morgan fingerprint density at radius 2 is 1.93 bits per heavy atom. The fraction of sp³-hybridized carbons (Fsp3) is 0.500. The Balaban J connectivity index is 2.52. The molecular formula is C12H14Br2O. The van der Waals surface area contributed by atoms with Gasteiger partial charge in [0.25, 0.3) is 0 Å². The highest BCUT2D eigenvalue weighted by Crippen LogP contribution is 2.39. The Labute approximate surface area is 107 Å². The maximum atomic E-state index is 10.2. The van der Waals surface area contributed by atoms with Crippen LogP contribution in [0.1, 0.15) is 37.0 Å². The molecule has 0 saturated carbocycles. The molecule has 0 bridgehead atoms. The smallest absolute Gasteiger partial charge is 0.0806 e. The number of rotatable bonds is 0. The Morgan fingerprint density at radius 1 is 1.27 bits per heavy atom. The van der Waals surface area contributed by atoms with E-state index in [1.54, 1.807) is 0 Å². The second-order valence-corrected chi connectivity index (χ2v) is 6.03. The molecule has 0 saturated heterocycles. The van der Waals surface area contributed by atoms with Crippen LogP contribution in [0.15, 0.2) is 21.1 Å². The van der Waals surface area contributed by atoms with Gasteiger partial charge in [0.1, 0.15) is 0 Å². The van der Waals surface area contributed by atoms with Crippen LogP contribution in [0.5, 0.6) is 0 Å². The number of fused-ring (bicyclic) bond motifs is 1. The molecule has 0 spiro atoms. The van der Waals surface area contributed by atoms with Crippen LogP contribution in [0, 0.1) is 5.92 Å². The largest absolute Gasteiger partial charge is 0.388 e. The first-order valence-corrected chi connectivity index (χ1v) is 6.83. The third-order valence-corrected chi connectivity index (χ3v) is 4.53. The standard InChI is InChI=1S/C12H14Br2O/c1-7-2-3-8-9(13)4-5-10(14)12(8)11(15)6-7/h4-5,7,11,15H,2-3,6H2,1H3. The molecule has 82 valence electrons. The first-order chi connectivity index (χ1) is 7.09. The molecule has 1 aromatic carbocycles. The third-order valence-electron chi connectivity index (χ3n) is 3.09. The number of aliphatic hydroxyl groups is 1. The summed E-state index contributed by atoms with van der Waals surface area (Å²) in [5.41, 5.74) is 2.34. The van der Waals surface area contributed by atoms with Crippen LogP contribution in [0.25, 0.3) is 0 Å². The van der Waals surface area contributed by atoms with Crippen molar-refractivity contribution in [3.05, 3.63) is 32.2 Å². The Morgan fingerprint density at radius 3 is 2.67 bits per heavy atom. The quantitative estimate of drug-likeness (QED) is 0.705. The molecule has 2 rings (SSSR count). The summed E-state index contributed by atoms with van der Waals surface area (Å²) in [5.74, 6) is 0.589. The normalized spacial score (nSPS) is 25.9. The van der Waals surface area contributed by atoms with Crippen LogP contribution in [-0.2, 0) is 6.42 Å². The average molecular weight is 334 g/mol. The van der Waals surface area contributed by atoms with Gasteiger partial charge in [-0.15, -0.1) is 0 Å². The summed E-state index contributed by atoms with van der Waals surface area (Å²) in [5, 5.41) is 10.2. The molecule has 1 aliphatic rings. The molecule has 1 nitrogen and oxygen atoms in total. The van der Waals surface area contributed by atoms with Crippen LogP contribution in [0.2, 0.25) is 0 Å². The topological polar surface area (TPSA) is 20.2 Å². The van der Waals surface area contributed by atoms with Gasteiger partial charge in [0.15, 0.2) is 0 Å². The van der Waals surface area contributed by atoms with Crippen LogP contribution < -0.4 is 0 Å². The number of hydrogen-bond acceptors (Lipinski definition) is 1. The number of hydrogen-bond donors (Lipinski definition) is 1. The second kappa shape index (κ2) is 4.56. The third kappa shape index (κ3) is 2.29. The molecule has 1 aromatic rings. The molecule has 0 radical (unpaired) electrons. The van der Waals surface area contributed by atoms with Gasteiger partial charge in [0.05, 0.1) is 6.10 Å². The van der Waals surface area contributed by atoms with Gasteiger partial charge < -0.3 is 5.11 Å². The molecule has 2 unspecified atom stereocenters. The van der Waals surface area contributed by atoms with Crippen LogP contribution in [0.3, 0.4) is 0 Å². The van der Waals surface area contributed by atoms with Crippen molar-refractivity contribution in [2.24, 2.45) is 5.92 Å². The zero-order valence-electron chi connectivity index (χ0n) is 8.63. The summed E-state index contributed by atoms with van der Waals surface area (Å²) < 4.78 is 2.15. The molecule has 3 heteroatoms. The monoisotopic (exact) mass is 332 g/mol. The maximum absolute atomic E-state index is 10.2.